The van der Waals surface area contributed by atoms with E-state index in [9.17, 15) is 4.79 Å². The number of esters is 1. The molecule has 0 N–H and O–H groups in total. The Bertz CT molecular complexity index is 849. The maximum atomic E-state index is 13.1. The molecule has 0 saturated carbocycles. The number of rotatable bonds is 17. The van der Waals surface area contributed by atoms with Crippen LogP contribution in [0.5, 0.6) is 5.75 Å². The molecule has 2 aromatic carbocycles. The highest BCUT2D eigenvalue weighted by molar-refractivity contribution is 5.74. The van der Waals surface area contributed by atoms with Crippen molar-refractivity contribution in [2.75, 3.05) is 20.7 Å². The van der Waals surface area contributed by atoms with Crippen LogP contribution < -0.4 is 4.74 Å². The highest BCUT2D eigenvalue weighted by atomic mass is 16.6. The summed E-state index contributed by atoms with van der Waals surface area (Å²) in [5.74, 6) is 0.711. The SMILES string of the molecule is CCCCCCCCc1cccc(OC(C)COC(=O)C(CCC)[N+](C)(C)Cc2ccccc2)c1. The van der Waals surface area contributed by atoms with Crippen molar-refractivity contribution in [2.45, 2.75) is 97.2 Å². The van der Waals surface area contributed by atoms with E-state index in [1.807, 2.05) is 31.2 Å². The highest BCUT2D eigenvalue weighted by Crippen LogP contribution is 2.21. The molecule has 2 rings (SSSR count). The molecule has 4 nitrogen and oxygen atoms in total. The maximum Gasteiger partial charge on any atom is 0.365 e. The van der Waals surface area contributed by atoms with Gasteiger partial charge in [-0.25, -0.2) is 4.79 Å². The summed E-state index contributed by atoms with van der Waals surface area (Å²) in [5.41, 5.74) is 2.54. The number of ether oxygens (including phenoxy) is 2. The van der Waals surface area contributed by atoms with Crippen LogP contribution in [-0.4, -0.2) is 43.3 Å². The third-order valence-corrected chi connectivity index (χ3v) is 6.63. The molecule has 0 radical (unpaired) electrons. The monoisotopic (exact) mass is 482 g/mol. The Morgan fingerprint density at radius 1 is 0.857 bits per heavy atom. The Hall–Kier alpha value is -2.33. The van der Waals surface area contributed by atoms with E-state index in [4.69, 9.17) is 9.47 Å². The van der Waals surface area contributed by atoms with Crippen LogP contribution in [0.2, 0.25) is 0 Å². The van der Waals surface area contributed by atoms with Crippen molar-refractivity contribution >= 4 is 5.97 Å². The fourth-order valence-corrected chi connectivity index (χ4v) is 4.64. The lowest BCUT2D eigenvalue weighted by atomic mass is 10.0. The predicted octanol–water partition coefficient (Wildman–Crippen LogP) is 7.35. The highest BCUT2D eigenvalue weighted by Gasteiger charge is 2.36. The van der Waals surface area contributed by atoms with Crippen LogP contribution >= 0.6 is 0 Å². The van der Waals surface area contributed by atoms with Crippen molar-refractivity contribution < 1.29 is 18.8 Å². The van der Waals surface area contributed by atoms with Gasteiger partial charge >= 0.3 is 5.97 Å². The number of hydrogen-bond donors (Lipinski definition) is 0. The lowest BCUT2D eigenvalue weighted by molar-refractivity contribution is -0.920. The average Bonchev–Trinajstić information content (AvgIpc) is 2.83. The van der Waals surface area contributed by atoms with Crippen LogP contribution in [0.4, 0.5) is 0 Å². The zero-order chi connectivity index (χ0) is 25.5. The molecule has 2 aromatic rings. The lowest BCUT2D eigenvalue weighted by Gasteiger charge is -2.36. The van der Waals surface area contributed by atoms with E-state index in [2.05, 4.69) is 58.3 Å². The standard InChI is InChI=1S/C31H48NO3/c1-6-8-9-10-11-13-18-27-21-16-22-29(23-27)35-26(3)25-34-31(33)30(17-7-2)32(4,5)24-28-19-14-12-15-20-28/h12,14-16,19-23,26,30H,6-11,13,17-18,24-25H2,1-5H3/q+1. The summed E-state index contributed by atoms with van der Waals surface area (Å²) in [5, 5.41) is 0. The van der Waals surface area contributed by atoms with Gasteiger partial charge in [0.25, 0.3) is 0 Å². The van der Waals surface area contributed by atoms with Gasteiger partial charge in [-0.3, -0.25) is 0 Å². The van der Waals surface area contributed by atoms with Gasteiger partial charge in [0.2, 0.25) is 0 Å². The van der Waals surface area contributed by atoms with Gasteiger partial charge in [0.05, 0.1) is 14.1 Å². The minimum Gasteiger partial charge on any atom is -0.487 e. The molecule has 0 spiro atoms. The van der Waals surface area contributed by atoms with E-state index in [1.165, 1.54) is 49.7 Å². The molecule has 0 saturated heterocycles. The van der Waals surface area contributed by atoms with Crippen molar-refractivity contribution in [2.24, 2.45) is 0 Å². The molecule has 4 heteroatoms. The molecular weight excluding hydrogens is 434 g/mol. The van der Waals surface area contributed by atoms with Crippen LogP contribution in [0.15, 0.2) is 54.6 Å². The van der Waals surface area contributed by atoms with Gasteiger partial charge in [0.1, 0.15) is 25.0 Å². The summed E-state index contributed by atoms with van der Waals surface area (Å²) >= 11 is 0. The Morgan fingerprint density at radius 2 is 1.54 bits per heavy atom. The Morgan fingerprint density at radius 3 is 2.26 bits per heavy atom. The number of nitrogens with zero attached hydrogens (tertiary/aromatic N) is 1. The first-order valence-corrected chi connectivity index (χ1v) is 13.6. The maximum absolute atomic E-state index is 13.1. The minimum absolute atomic E-state index is 0.139. The van der Waals surface area contributed by atoms with Crippen LogP contribution in [0.3, 0.4) is 0 Å². The molecule has 194 valence electrons. The number of likely N-dealkylation sites (N-methyl/N-ethyl adjacent to an activating group) is 1. The van der Waals surface area contributed by atoms with Gasteiger partial charge in [-0.05, 0) is 43.9 Å². The van der Waals surface area contributed by atoms with Crippen molar-refractivity contribution in [1.29, 1.82) is 0 Å². The second-order valence-corrected chi connectivity index (χ2v) is 10.5. The van der Waals surface area contributed by atoms with Crippen LogP contribution in [-0.2, 0) is 22.5 Å². The molecular formula is C31H48NO3+. The van der Waals surface area contributed by atoms with Gasteiger partial charge in [-0.2, -0.15) is 0 Å². The molecule has 0 aliphatic rings. The number of quaternary nitrogens is 1. The van der Waals surface area contributed by atoms with Crippen molar-refractivity contribution in [3.05, 3.63) is 65.7 Å². The van der Waals surface area contributed by atoms with Crippen LogP contribution in [0.25, 0.3) is 0 Å². The third-order valence-electron chi connectivity index (χ3n) is 6.63. The topological polar surface area (TPSA) is 35.5 Å². The fourth-order valence-electron chi connectivity index (χ4n) is 4.64. The summed E-state index contributed by atoms with van der Waals surface area (Å²) in [4.78, 5) is 13.1. The molecule has 0 amide bonds. The van der Waals surface area contributed by atoms with Crippen LogP contribution in [0.1, 0.15) is 83.3 Å². The molecule has 2 unspecified atom stereocenters. The zero-order valence-electron chi connectivity index (χ0n) is 22.8. The molecule has 0 bridgehead atoms. The molecule has 2 atom stereocenters. The molecule has 0 aliphatic carbocycles. The van der Waals surface area contributed by atoms with Gasteiger partial charge < -0.3 is 14.0 Å². The molecule has 0 fully saturated rings. The number of unbranched alkanes of at least 4 members (excludes halogenated alkanes) is 5. The summed E-state index contributed by atoms with van der Waals surface area (Å²) < 4.78 is 12.5. The van der Waals surface area contributed by atoms with Crippen LogP contribution in [0, 0.1) is 0 Å². The van der Waals surface area contributed by atoms with Gasteiger partial charge in [-0.1, -0.05) is 88.4 Å². The third kappa shape index (κ3) is 10.9. The molecule has 35 heavy (non-hydrogen) atoms. The minimum atomic E-state index is -0.201. The van der Waals surface area contributed by atoms with E-state index in [-0.39, 0.29) is 24.7 Å². The number of carbonyl (C=O) groups is 1. The van der Waals surface area contributed by atoms with Crippen molar-refractivity contribution in [1.82, 2.24) is 0 Å². The normalized spacial score (nSPS) is 13.3. The predicted molar refractivity (Wildman–Crippen MR) is 146 cm³/mol. The second-order valence-electron chi connectivity index (χ2n) is 10.5. The van der Waals surface area contributed by atoms with Crippen molar-refractivity contribution in [3.8, 4) is 5.75 Å². The smallest absolute Gasteiger partial charge is 0.365 e. The van der Waals surface area contributed by atoms with Gasteiger partial charge in [0.15, 0.2) is 6.04 Å². The summed E-state index contributed by atoms with van der Waals surface area (Å²) in [6.45, 7) is 7.38. The summed E-state index contributed by atoms with van der Waals surface area (Å²) in [7, 11) is 4.23. The second kappa shape index (κ2) is 15.6. The quantitative estimate of drug-likeness (QED) is 0.134. The van der Waals surface area contributed by atoms with E-state index in [0.717, 1.165) is 31.6 Å². The largest absolute Gasteiger partial charge is 0.487 e. The number of benzene rings is 2. The first-order valence-electron chi connectivity index (χ1n) is 13.6. The van der Waals surface area contributed by atoms with Gasteiger partial charge in [0, 0.05) is 12.0 Å². The van der Waals surface area contributed by atoms with Gasteiger partial charge in [-0.15, -0.1) is 0 Å². The van der Waals surface area contributed by atoms with E-state index < -0.39 is 0 Å². The van der Waals surface area contributed by atoms with E-state index in [0.29, 0.717) is 4.48 Å². The summed E-state index contributed by atoms with van der Waals surface area (Å²) in [6, 6.07) is 18.5. The lowest BCUT2D eigenvalue weighted by Crippen LogP contribution is -2.53. The van der Waals surface area contributed by atoms with Crippen molar-refractivity contribution in [3.63, 3.8) is 0 Å². The average molecular weight is 483 g/mol. The zero-order valence-corrected chi connectivity index (χ0v) is 22.8. The van der Waals surface area contributed by atoms with E-state index >= 15 is 0 Å². The number of carbonyl (C=O) groups excluding carboxylic acids is 1. The Labute approximate surface area is 214 Å². The summed E-state index contributed by atoms with van der Waals surface area (Å²) in [6.07, 6.45) is 10.4. The Balaban J connectivity index is 1.84. The number of hydrogen-bond acceptors (Lipinski definition) is 3. The molecule has 0 aliphatic heterocycles. The first kappa shape index (κ1) is 28.9. The fraction of sp³-hybridized carbons (Fsp3) is 0.581. The first-order chi connectivity index (χ1) is 16.9. The van der Waals surface area contributed by atoms with E-state index in [1.54, 1.807) is 0 Å². The molecule has 0 heterocycles. The molecule has 0 aromatic heterocycles. The Kier molecular flexibility index (Phi) is 12.9. The number of aryl methyl sites for hydroxylation is 1.